The van der Waals surface area contributed by atoms with Crippen LogP contribution in [0.1, 0.15) is 12.5 Å². The highest BCUT2D eigenvalue weighted by atomic mass is 19.1. The van der Waals surface area contributed by atoms with Crippen LogP contribution in [0.5, 0.6) is 11.5 Å². The fourth-order valence-electron chi connectivity index (χ4n) is 1.99. The first-order valence-electron chi connectivity index (χ1n) is 6.83. The topological polar surface area (TPSA) is 67.5 Å². The molecular formula is C16H19FN2O2. The van der Waals surface area contributed by atoms with Crippen molar-refractivity contribution in [3.8, 4) is 11.5 Å². The molecule has 5 heteroatoms. The van der Waals surface area contributed by atoms with Crippen molar-refractivity contribution in [2.75, 3.05) is 24.2 Å². The number of hydrogen-bond donors (Lipinski definition) is 3. The summed E-state index contributed by atoms with van der Waals surface area (Å²) in [5.41, 5.74) is 7.88. The van der Waals surface area contributed by atoms with Crippen molar-refractivity contribution >= 4 is 11.4 Å². The molecule has 0 saturated carbocycles. The highest BCUT2D eigenvalue weighted by Crippen LogP contribution is 2.28. The van der Waals surface area contributed by atoms with Gasteiger partial charge in [-0.05, 0) is 31.0 Å². The Morgan fingerprint density at radius 3 is 2.62 bits per heavy atom. The molecule has 2 aromatic rings. The zero-order valence-electron chi connectivity index (χ0n) is 11.9. The molecule has 0 bridgehead atoms. The van der Waals surface area contributed by atoms with E-state index in [1.54, 1.807) is 25.1 Å². The van der Waals surface area contributed by atoms with Crippen LogP contribution in [0.15, 0.2) is 36.4 Å². The van der Waals surface area contributed by atoms with Crippen LogP contribution in [0.25, 0.3) is 0 Å². The van der Waals surface area contributed by atoms with Crippen LogP contribution in [0.3, 0.4) is 0 Å². The predicted molar refractivity (Wildman–Crippen MR) is 82.3 cm³/mol. The molecule has 0 atom stereocenters. The minimum atomic E-state index is -0.460. The quantitative estimate of drug-likeness (QED) is 0.715. The molecule has 4 N–H and O–H groups in total. The Balaban J connectivity index is 1.99. The zero-order chi connectivity index (χ0) is 15.2. The van der Waals surface area contributed by atoms with Crippen molar-refractivity contribution in [3.63, 3.8) is 0 Å². The van der Waals surface area contributed by atoms with Gasteiger partial charge in [-0.1, -0.05) is 12.1 Å². The van der Waals surface area contributed by atoms with E-state index in [9.17, 15) is 9.50 Å². The van der Waals surface area contributed by atoms with Crippen LogP contribution >= 0.6 is 0 Å². The lowest BCUT2D eigenvalue weighted by Gasteiger charge is -2.12. The number of phenolic OH excluding ortho intramolecular Hbond substituents is 1. The Morgan fingerprint density at radius 1 is 1.24 bits per heavy atom. The first-order valence-corrected chi connectivity index (χ1v) is 6.83. The average molecular weight is 290 g/mol. The molecule has 0 heterocycles. The van der Waals surface area contributed by atoms with Crippen molar-refractivity contribution in [2.45, 2.75) is 13.3 Å². The Bertz CT molecular complexity index is 600. The lowest BCUT2D eigenvalue weighted by atomic mass is 10.1. The van der Waals surface area contributed by atoms with E-state index in [1.165, 1.54) is 6.07 Å². The molecule has 112 valence electrons. The summed E-state index contributed by atoms with van der Waals surface area (Å²) in [7, 11) is 0. The number of anilines is 2. The minimum absolute atomic E-state index is 0.193. The van der Waals surface area contributed by atoms with Gasteiger partial charge in [0.15, 0.2) is 11.6 Å². The lowest BCUT2D eigenvalue weighted by Crippen LogP contribution is -2.08. The second-order valence-corrected chi connectivity index (χ2v) is 4.65. The smallest absolute Gasteiger partial charge is 0.167 e. The number of benzene rings is 2. The second-order valence-electron chi connectivity index (χ2n) is 4.65. The summed E-state index contributed by atoms with van der Waals surface area (Å²) < 4.78 is 18.8. The molecule has 0 spiro atoms. The summed E-state index contributed by atoms with van der Waals surface area (Å²) in [6, 6.07) is 9.84. The summed E-state index contributed by atoms with van der Waals surface area (Å²) in [6.45, 7) is 2.84. The maximum atomic E-state index is 13.6. The summed E-state index contributed by atoms with van der Waals surface area (Å²) in [5, 5.41) is 12.4. The van der Waals surface area contributed by atoms with Crippen LogP contribution in [-0.2, 0) is 6.42 Å². The fraction of sp³-hybridized carbons (Fsp3) is 0.250. The molecule has 21 heavy (non-hydrogen) atoms. The molecule has 2 rings (SSSR count). The van der Waals surface area contributed by atoms with Gasteiger partial charge in [0, 0.05) is 18.7 Å². The van der Waals surface area contributed by atoms with Crippen molar-refractivity contribution in [3.05, 3.63) is 47.8 Å². The highest BCUT2D eigenvalue weighted by molar-refractivity contribution is 5.68. The summed E-state index contributed by atoms with van der Waals surface area (Å²) in [5.74, 6) is -0.0203. The molecule has 0 aliphatic carbocycles. The predicted octanol–water partition coefficient (Wildman–Crippen LogP) is 3.17. The third kappa shape index (κ3) is 4.02. The molecule has 0 aliphatic heterocycles. The number of halogens is 1. The van der Waals surface area contributed by atoms with E-state index in [0.717, 1.165) is 12.0 Å². The van der Waals surface area contributed by atoms with Gasteiger partial charge in [-0.2, -0.15) is 0 Å². The second kappa shape index (κ2) is 6.83. The van der Waals surface area contributed by atoms with Gasteiger partial charge in [0.1, 0.15) is 5.75 Å². The van der Waals surface area contributed by atoms with Gasteiger partial charge in [0.2, 0.25) is 0 Å². The number of nitrogens with one attached hydrogen (secondary N) is 1. The Morgan fingerprint density at radius 2 is 1.95 bits per heavy atom. The molecule has 0 saturated heterocycles. The van der Waals surface area contributed by atoms with Crippen LogP contribution < -0.4 is 15.8 Å². The summed E-state index contributed by atoms with van der Waals surface area (Å²) in [6.07, 6.45) is 0.765. The van der Waals surface area contributed by atoms with E-state index in [0.29, 0.717) is 24.5 Å². The molecule has 0 unspecified atom stereocenters. The van der Waals surface area contributed by atoms with Gasteiger partial charge in [-0.15, -0.1) is 0 Å². The van der Waals surface area contributed by atoms with Crippen molar-refractivity contribution in [1.29, 1.82) is 0 Å². The van der Waals surface area contributed by atoms with Crippen LogP contribution in [0.2, 0.25) is 0 Å². The maximum absolute atomic E-state index is 13.6. The molecule has 4 nitrogen and oxygen atoms in total. The van der Waals surface area contributed by atoms with Gasteiger partial charge < -0.3 is 20.9 Å². The van der Waals surface area contributed by atoms with Crippen molar-refractivity contribution < 1.29 is 14.2 Å². The van der Waals surface area contributed by atoms with E-state index < -0.39 is 5.82 Å². The number of nitrogen functional groups attached to an aromatic ring is 1. The molecule has 0 aromatic heterocycles. The highest BCUT2D eigenvalue weighted by Gasteiger charge is 2.08. The molecule has 0 aliphatic rings. The van der Waals surface area contributed by atoms with Crippen LogP contribution in [0, 0.1) is 5.82 Å². The zero-order valence-corrected chi connectivity index (χ0v) is 11.9. The number of aromatic hydroxyl groups is 1. The number of hydrogen-bond acceptors (Lipinski definition) is 4. The third-order valence-electron chi connectivity index (χ3n) is 3.07. The van der Waals surface area contributed by atoms with Crippen LogP contribution in [0.4, 0.5) is 15.8 Å². The number of phenols is 1. The van der Waals surface area contributed by atoms with Gasteiger partial charge in [-0.25, -0.2) is 4.39 Å². The SMILES string of the molecule is CCOc1cc(NCCc2ccc(O)cc2)c(N)cc1F. The monoisotopic (exact) mass is 290 g/mol. The standard InChI is InChI=1S/C16H19FN2O2/c1-2-21-16-10-15(14(18)9-13(16)17)19-8-7-11-3-5-12(20)6-4-11/h3-6,9-10,19-20H,2,7-8,18H2,1H3. The minimum Gasteiger partial charge on any atom is -0.508 e. The van der Waals surface area contributed by atoms with E-state index >= 15 is 0 Å². The number of rotatable bonds is 6. The average Bonchev–Trinajstić information content (AvgIpc) is 2.46. The summed E-state index contributed by atoms with van der Waals surface area (Å²) >= 11 is 0. The van der Waals surface area contributed by atoms with Crippen LogP contribution in [-0.4, -0.2) is 18.3 Å². The third-order valence-corrected chi connectivity index (χ3v) is 3.07. The van der Waals surface area contributed by atoms with Gasteiger partial charge in [-0.3, -0.25) is 0 Å². The van der Waals surface area contributed by atoms with E-state index in [4.69, 9.17) is 10.5 Å². The molecular weight excluding hydrogens is 271 g/mol. The van der Waals surface area contributed by atoms with E-state index in [2.05, 4.69) is 5.32 Å². The van der Waals surface area contributed by atoms with E-state index in [1.807, 2.05) is 12.1 Å². The first-order chi connectivity index (χ1) is 10.1. The maximum Gasteiger partial charge on any atom is 0.167 e. The molecule has 2 aromatic carbocycles. The normalized spacial score (nSPS) is 10.4. The summed E-state index contributed by atoms with van der Waals surface area (Å²) in [4.78, 5) is 0. The fourth-order valence-corrected chi connectivity index (χ4v) is 1.99. The van der Waals surface area contributed by atoms with Crippen molar-refractivity contribution in [1.82, 2.24) is 0 Å². The van der Waals surface area contributed by atoms with Gasteiger partial charge >= 0.3 is 0 Å². The largest absolute Gasteiger partial charge is 0.508 e. The Kier molecular flexibility index (Phi) is 4.87. The first kappa shape index (κ1) is 15.0. The number of ether oxygens (including phenoxy) is 1. The molecule has 0 amide bonds. The molecule has 0 fully saturated rings. The Labute approximate surface area is 123 Å². The van der Waals surface area contributed by atoms with Gasteiger partial charge in [0.25, 0.3) is 0 Å². The number of nitrogens with two attached hydrogens (primary N) is 1. The van der Waals surface area contributed by atoms with Crippen molar-refractivity contribution in [2.24, 2.45) is 0 Å². The van der Waals surface area contributed by atoms with E-state index in [-0.39, 0.29) is 11.5 Å². The molecule has 0 radical (unpaired) electrons. The lowest BCUT2D eigenvalue weighted by molar-refractivity contribution is 0.322. The van der Waals surface area contributed by atoms with Gasteiger partial charge in [0.05, 0.1) is 18.0 Å². The Hall–Kier alpha value is -2.43.